The molecule has 0 heterocycles. The smallest absolute Gasteiger partial charge is 0.305 e. The molecule has 6 nitrogen and oxygen atoms in total. The fourth-order valence-electron chi connectivity index (χ4n) is 10.1. The SMILES string of the molecule is COC(=O)CCC(C)[C@H]1CCC2C3C(CC[C@@]21C)[C@@]1(C)CC[C@@H](NCCCNCCCCN)CC1C[C@H]3O. The highest BCUT2D eigenvalue weighted by Crippen LogP contribution is 2.68. The number of hydrogen-bond acceptors (Lipinski definition) is 6. The van der Waals surface area contributed by atoms with E-state index in [0.29, 0.717) is 58.8 Å². The van der Waals surface area contributed by atoms with Crippen molar-refractivity contribution in [2.24, 2.45) is 52.1 Å². The minimum Gasteiger partial charge on any atom is -0.469 e. The molecule has 4 aliphatic carbocycles. The number of hydrogen-bond donors (Lipinski definition) is 4. The predicted octanol–water partition coefficient (Wildman–Crippen LogP) is 4.88. The molecule has 5 N–H and O–H groups in total. The topological polar surface area (TPSA) is 96.6 Å². The van der Waals surface area contributed by atoms with Crippen LogP contribution in [0.2, 0.25) is 0 Å². The van der Waals surface area contributed by atoms with Crippen LogP contribution in [0.15, 0.2) is 0 Å². The van der Waals surface area contributed by atoms with Crippen LogP contribution in [0.3, 0.4) is 0 Å². The molecule has 0 spiro atoms. The van der Waals surface area contributed by atoms with Gasteiger partial charge in [-0.25, -0.2) is 0 Å². The molecule has 4 fully saturated rings. The van der Waals surface area contributed by atoms with Gasteiger partial charge in [0.05, 0.1) is 13.2 Å². The first-order valence-electron chi connectivity index (χ1n) is 16.1. The van der Waals surface area contributed by atoms with E-state index in [1.165, 1.54) is 64.9 Å². The summed E-state index contributed by atoms with van der Waals surface area (Å²) in [4.78, 5) is 11.8. The Bertz CT molecular complexity index is 764. The number of carbonyl (C=O) groups excluding carboxylic acids is 1. The second-order valence-electron chi connectivity index (χ2n) is 14.1. The number of nitrogens with one attached hydrogen (secondary N) is 2. The summed E-state index contributed by atoms with van der Waals surface area (Å²) in [5.41, 5.74) is 6.26. The molecule has 220 valence electrons. The molecule has 4 rings (SSSR count). The number of ether oxygens (including phenoxy) is 1. The summed E-state index contributed by atoms with van der Waals surface area (Å²) in [6.07, 6.45) is 14.7. The lowest BCUT2D eigenvalue weighted by molar-refractivity contribution is -0.167. The van der Waals surface area contributed by atoms with Gasteiger partial charge in [0.15, 0.2) is 0 Å². The van der Waals surface area contributed by atoms with E-state index in [9.17, 15) is 9.90 Å². The van der Waals surface area contributed by atoms with Gasteiger partial charge in [-0.15, -0.1) is 0 Å². The maximum atomic E-state index is 11.8. The molecule has 0 aromatic carbocycles. The third kappa shape index (κ3) is 6.29. The molecule has 0 amide bonds. The number of rotatable bonds is 13. The number of aliphatic hydroxyl groups is 1. The summed E-state index contributed by atoms with van der Waals surface area (Å²) >= 11 is 0. The molecule has 0 radical (unpaired) electrons. The van der Waals surface area contributed by atoms with Crippen molar-refractivity contribution in [3.8, 4) is 0 Å². The predicted molar refractivity (Wildman–Crippen MR) is 155 cm³/mol. The van der Waals surface area contributed by atoms with E-state index in [1.54, 1.807) is 0 Å². The minimum absolute atomic E-state index is 0.0815. The quantitative estimate of drug-likeness (QED) is 0.199. The molecule has 0 bridgehead atoms. The molecular formula is C32H59N3O3. The maximum absolute atomic E-state index is 11.8. The van der Waals surface area contributed by atoms with Crippen molar-refractivity contribution in [3.63, 3.8) is 0 Å². The van der Waals surface area contributed by atoms with Crippen LogP contribution in [0.1, 0.15) is 104 Å². The standard InChI is InChI=1S/C32H59N3O3/c1-22(8-11-29(37)38-4)25-9-10-26-30-27(13-15-32(25,26)3)31(2)14-12-24(20-23(31)21-28(30)36)35-19-7-18-34-17-6-5-16-33/h22-28,30,34-36H,5-21,33H2,1-4H3/t22?,23?,24-,25-,26?,27?,28-,30?,31+,32-/m1/s1. The Hall–Kier alpha value is -0.690. The zero-order chi connectivity index (χ0) is 27.3. The second kappa shape index (κ2) is 13.3. The van der Waals surface area contributed by atoms with Crippen LogP contribution in [0.25, 0.3) is 0 Å². The first kappa shape index (κ1) is 30.3. The van der Waals surface area contributed by atoms with Crippen molar-refractivity contribution >= 4 is 5.97 Å². The number of nitrogens with two attached hydrogens (primary N) is 1. The van der Waals surface area contributed by atoms with E-state index >= 15 is 0 Å². The second-order valence-corrected chi connectivity index (χ2v) is 14.1. The summed E-state index contributed by atoms with van der Waals surface area (Å²) in [7, 11) is 1.49. The van der Waals surface area contributed by atoms with Crippen LogP contribution in [-0.4, -0.2) is 56.5 Å². The monoisotopic (exact) mass is 533 g/mol. The van der Waals surface area contributed by atoms with Gasteiger partial charge in [0.1, 0.15) is 0 Å². The van der Waals surface area contributed by atoms with Crippen LogP contribution in [0.5, 0.6) is 0 Å². The molecule has 6 heteroatoms. The molecule has 0 aromatic heterocycles. The van der Waals surface area contributed by atoms with Crippen LogP contribution >= 0.6 is 0 Å². The van der Waals surface area contributed by atoms with Gasteiger partial charge in [-0.3, -0.25) is 4.79 Å². The lowest BCUT2D eigenvalue weighted by atomic mass is 9.43. The Balaban J connectivity index is 1.31. The third-order valence-electron chi connectivity index (χ3n) is 12.2. The molecule has 10 atom stereocenters. The Labute approximate surface area is 233 Å². The first-order chi connectivity index (χ1) is 18.2. The molecule has 5 unspecified atom stereocenters. The van der Waals surface area contributed by atoms with Crippen molar-refractivity contribution in [2.75, 3.05) is 33.3 Å². The highest BCUT2D eigenvalue weighted by atomic mass is 16.5. The van der Waals surface area contributed by atoms with Crippen molar-refractivity contribution in [3.05, 3.63) is 0 Å². The van der Waals surface area contributed by atoms with Gasteiger partial charge in [-0.1, -0.05) is 20.8 Å². The minimum atomic E-state index is -0.150. The number of unbranched alkanes of at least 4 members (excludes halogenated alkanes) is 1. The van der Waals surface area contributed by atoms with Gasteiger partial charge in [-0.2, -0.15) is 0 Å². The normalized spacial score (nSPS) is 41.2. The third-order valence-corrected chi connectivity index (χ3v) is 12.2. The average molecular weight is 534 g/mol. The van der Waals surface area contributed by atoms with E-state index in [-0.39, 0.29) is 12.1 Å². The zero-order valence-electron chi connectivity index (χ0n) is 25.0. The average Bonchev–Trinajstić information content (AvgIpc) is 3.26. The van der Waals surface area contributed by atoms with E-state index in [4.69, 9.17) is 10.5 Å². The van der Waals surface area contributed by atoms with E-state index < -0.39 is 0 Å². The van der Waals surface area contributed by atoms with E-state index in [2.05, 4.69) is 31.4 Å². The summed E-state index contributed by atoms with van der Waals surface area (Å²) in [6.45, 7) is 11.5. The Morgan fingerprint density at radius 3 is 2.50 bits per heavy atom. The van der Waals surface area contributed by atoms with Crippen molar-refractivity contribution in [1.29, 1.82) is 0 Å². The van der Waals surface area contributed by atoms with Crippen LogP contribution < -0.4 is 16.4 Å². The van der Waals surface area contributed by atoms with E-state index in [0.717, 1.165) is 45.4 Å². The zero-order valence-corrected chi connectivity index (χ0v) is 25.0. The summed E-state index contributed by atoms with van der Waals surface area (Å²) in [5, 5.41) is 19.1. The number of esters is 1. The van der Waals surface area contributed by atoms with Crippen LogP contribution in [0, 0.1) is 46.3 Å². The van der Waals surface area contributed by atoms with Gasteiger partial charge in [0.2, 0.25) is 0 Å². The lowest BCUT2D eigenvalue weighted by Crippen LogP contribution is -2.59. The van der Waals surface area contributed by atoms with Gasteiger partial charge in [0, 0.05) is 12.5 Å². The maximum Gasteiger partial charge on any atom is 0.305 e. The number of aliphatic hydroxyl groups excluding tert-OH is 1. The molecule has 0 aromatic rings. The van der Waals surface area contributed by atoms with Crippen LogP contribution in [0.4, 0.5) is 0 Å². The Morgan fingerprint density at radius 1 is 1.00 bits per heavy atom. The van der Waals surface area contributed by atoms with Gasteiger partial charge >= 0.3 is 5.97 Å². The fourth-order valence-corrected chi connectivity index (χ4v) is 10.1. The van der Waals surface area contributed by atoms with Gasteiger partial charge < -0.3 is 26.2 Å². The number of fused-ring (bicyclic) bond motifs is 5. The molecule has 0 saturated heterocycles. The van der Waals surface area contributed by atoms with Gasteiger partial charge in [-0.05, 0) is 150 Å². The van der Waals surface area contributed by atoms with Crippen molar-refractivity contribution < 1.29 is 14.6 Å². The Morgan fingerprint density at radius 2 is 1.74 bits per heavy atom. The first-order valence-corrected chi connectivity index (χ1v) is 16.1. The summed E-state index contributed by atoms with van der Waals surface area (Å²) in [6, 6.07) is 0.606. The van der Waals surface area contributed by atoms with Gasteiger partial charge in [0.25, 0.3) is 0 Å². The molecule has 4 aliphatic rings. The Kier molecular flexibility index (Phi) is 10.6. The summed E-state index contributed by atoms with van der Waals surface area (Å²) < 4.78 is 4.91. The van der Waals surface area contributed by atoms with Crippen LogP contribution in [-0.2, 0) is 9.53 Å². The number of carbonyl (C=O) groups is 1. The number of methoxy groups -OCH3 is 1. The molecular weight excluding hydrogens is 474 g/mol. The van der Waals surface area contributed by atoms with E-state index in [1.807, 2.05) is 0 Å². The highest BCUT2D eigenvalue weighted by Gasteiger charge is 2.62. The lowest BCUT2D eigenvalue weighted by Gasteiger charge is -2.62. The molecule has 0 aliphatic heterocycles. The molecule has 38 heavy (non-hydrogen) atoms. The van der Waals surface area contributed by atoms with Crippen molar-refractivity contribution in [2.45, 2.75) is 116 Å². The van der Waals surface area contributed by atoms with Crippen molar-refractivity contribution in [1.82, 2.24) is 10.6 Å². The largest absolute Gasteiger partial charge is 0.469 e. The summed E-state index contributed by atoms with van der Waals surface area (Å²) in [5.74, 6) is 3.51. The molecule has 4 saturated carbocycles. The fraction of sp³-hybridized carbons (Fsp3) is 0.969. The highest BCUT2D eigenvalue weighted by molar-refractivity contribution is 5.69.